The van der Waals surface area contributed by atoms with Crippen molar-refractivity contribution in [3.05, 3.63) is 18.2 Å². The SMILES string of the molecule is CCCCC(CCC)O[P+](=O)O.CCN(CC)c1cc(N)ccc1OC. The molecule has 3 N–H and O–H groups in total. The first-order chi connectivity index (χ1) is 12.4. The van der Waals surface area contributed by atoms with Crippen LogP contribution in [0.3, 0.4) is 0 Å². The highest BCUT2D eigenvalue weighted by molar-refractivity contribution is 7.32. The average Bonchev–Trinajstić information content (AvgIpc) is 2.61. The maximum absolute atomic E-state index is 10.4. The molecule has 0 aliphatic carbocycles. The number of nitrogens with two attached hydrogens (primary N) is 1. The van der Waals surface area contributed by atoms with Crippen LogP contribution in [-0.2, 0) is 9.09 Å². The molecule has 0 spiro atoms. The van der Waals surface area contributed by atoms with Crippen molar-refractivity contribution >= 4 is 19.6 Å². The van der Waals surface area contributed by atoms with E-state index in [2.05, 4.69) is 25.7 Å². The third kappa shape index (κ3) is 9.95. The predicted octanol–water partition coefficient (Wildman–Crippen LogP) is 5.14. The Kier molecular flexibility index (Phi) is 14.0. The Hall–Kier alpha value is -1.36. The van der Waals surface area contributed by atoms with Crippen LogP contribution in [0.1, 0.15) is 59.8 Å². The van der Waals surface area contributed by atoms with E-state index in [0.717, 1.165) is 62.3 Å². The monoisotopic (exact) mass is 387 g/mol. The van der Waals surface area contributed by atoms with Gasteiger partial charge in [-0.15, -0.1) is 9.42 Å². The fraction of sp³-hybridized carbons (Fsp3) is 0.684. The molecule has 2 atom stereocenters. The second-order valence-electron chi connectivity index (χ2n) is 6.00. The number of unbranched alkanes of at least 4 members (excludes halogenated alkanes) is 1. The van der Waals surface area contributed by atoms with Crippen molar-refractivity contribution < 1.29 is 18.7 Å². The molecular formula is C19H36N2O4P+. The first kappa shape index (κ1) is 24.6. The van der Waals surface area contributed by atoms with E-state index in [1.165, 1.54) is 0 Å². The average molecular weight is 387 g/mol. The summed E-state index contributed by atoms with van der Waals surface area (Å²) in [5, 5.41) is 0. The number of hydrogen-bond donors (Lipinski definition) is 2. The third-order valence-electron chi connectivity index (χ3n) is 4.04. The quantitative estimate of drug-likeness (QED) is 0.404. The second kappa shape index (κ2) is 14.8. The zero-order valence-electron chi connectivity index (χ0n) is 16.9. The zero-order valence-corrected chi connectivity index (χ0v) is 17.8. The van der Waals surface area contributed by atoms with Crippen LogP contribution in [0, 0.1) is 0 Å². The van der Waals surface area contributed by atoms with Crippen LogP contribution in [0.2, 0.25) is 0 Å². The Morgan fingerprint density at radius 1 is 1.15 bits per heavy atom. The summed E-state index contributed by atoms with van der Waals surface area (Å²) in [5.41, 5.74) is 7.59. The van der Waals surface area contributed by atoms with E-state index >= 15 is 0 Å². The molecular weight excluding hydrogens is 351 g/mol. The van der Waals surface area contributed by atoms with Gasteiger partial charge in [0.25, 0.3) is 0 Å². The number of nitrogen functional groups attached to an aromatic ring is 1. The van der Waals surface area contributed by atoms with Gasteiger partial charge in [-0.3, -0.25) is 0 Å². The van der Waals surface area contributed by atoms with Crippen molar-refractivity contribution in [3.63, 3.8) is 0 Å². The molecule has 1 aromatic rings. The van der Waals surface area contributed by atoms with E-state index in [1.807, 2.05) is 25.1 Å². The summed E-state index contributed by atoms with van der Waals surface area (Å²) >= 11 is 0. The van der Waals surface area contributed by atoms with Gasteiger partial charge in [-0.2, -0.15) is 0 Å². The van der Waals surface area contributed by atoms with Crippen molar-refractivity contribution in [3.8, 4) is 5.75 Å². The van der Waals surface area contributed by atoms with Crippen molar-refractivity contribution in [1.82, 2.24) is 0 Å². The van der Waals surface area contributed by atoms with Crippen LogP contribution in [0.15, 0.2) is 18.2 Å². The molecule has 0 aliphatic heterocycles. The molecule has 0 bridgehead atoms. The lowest BCUT2D eigenvalue weighted by atomic mass is 10.1. The van der Waals surface area contributed by atoms with Gasteiger partial charge in [-0.05, 0) is 44.9 Å². The molecule has 0 heterocycles. The molecule has 0 aliphatic rings. The molecule has 2 unspecified atom stereocenters. The van der Waals surface area contributed by atoms with Crippen LogP contribution in [0.25, 0.3) is 0 Å². The van der Waals surface area contributed by atoms with E-state index in [4.69, 9.17) is 19.9 Å². The van der Waals surface area contributed by atoms with Crippen molar-refractivity contribution in [1.29, 1.82) is 0 Å². The summed E-state index contributed by atoms with van der Waals surface area (Å²) in [6.45, 7) is 10.3. The minimum Gasteiger partial charge on any atom is -0.495 e. The molecule has 7 heteroatoms. The molecule has 0 fully saturated rings. The molecule has 0 radical (unpaired) electrons. The number of nitrogens with zero attached hydrogens (tertiary/aromatic N) is 1. The van der Waals surface area contributed by atoms with E-state index in [0.29, 0.717) is 0 Å². The molecule has 150 valence electrons. The summed E-state index contributed by atoms with van der Waals surface area (Å²) in [6, 6.07) is 5.71. The van der Waals surface area contributed by atoms with Crippen LogP contribution < -0.4 is 15.4 Å². The summed E-state index contributed by atoms with van der Waals surface area (Å²) in [5.74, 6) is 0.878. The molecule has 0 saturated heterocycles. The standard InChI is InChI=1S/C11H18N2O.C8H17O3P/c1-4-13(5-2)10-8-9(12)6-7-11(10)14-3;1-3-5-7-8(6-4-2)11-12(9)10/h6-8H,4-5,12H2,1-3H3;8H,3-7H2,1-2H3/p+1. The van der Waals surface area contributed by atoms with E-state index in [9.17, 15) is 4.57 Å². The second-order valence-corrected chi connectivity index (χ2v) is 6.69. The Bertz CT molecular complexity index is 510. The van der Waals surface area contributed by atoms with Gasteiger partial charge in [0, 0.05) is 23.3 Å². The van der Waals surface area contributed by atoms with Gasteiger partial charge < -0.3 is 15.4 Å². The highest BCUT2D eigenvalue weighted by Crippen LogP contribution is 2.30. The third-order valence-corrected chi connectivity index (χ3v) is 4.52. The smallest absolute Gasteiger partial charge is 0.495 e. The van der Waals surface area contributed by atoms with Gasteiger partial charge in [0.15, 0.2) is 0 Å². The highest BCUT2D eigenvalue weighted by atomic mass is 31.1. The lowest BCUT2D eigenvalue weighted by Crippen LogP contribution is -2.22. The normalized spacial score (nSPS) is 12.0. The topological polar surface area (TPSA) is 85.0 Å². The fourth-order valence-electron chi connectivity index (χ4n) is 2.65. The van der Waals surface area contributed by atoms with Crippen LogP contribution >= 0.6 is 8.25 Å². The molecule has 1 rings (SSSR count). The van der Waals surface area contributed by atoms with Gasteiger partial charge in [0.1, 0.15) is 11.9 Å². The predicted molar refractivity (Wildman–Crippen MR) is 110 cm³/mol. The van der Waals surface area contributed by atoms with Gasteiger partial charge in [-0.25, -0.2) is 0 Å². The Labute approximate surface area is 159 Å². The Morgan fingerprint density at radius 3 is 2.27 bits per heavy atom. The first-order valence-corrected chi connectivity index (χ1v) is 10.6. The minimum absolute atomic E-state index is 0.0245. The van der Waals surface area contributed by atoms with Gasteiger partial charge >= 0.3 is 8.25 Å². The molecule has 0 saturated carbocycles. The zero-order chi connectivity index (χ0) is 19.9. The summed E-state index contributed by atoms with van der Waals surface area (Å²) in [7, 11) is -0.739. The number of methoxy groups -OCH3 is 1. The maximum Gasteiger partial charge on any atom is 0.694 e. The summed E-state index contributed by atoms with van der Waals surface area (Å²) < 4.78 is 20.5. The van der Waals surface area contributed by atoms with Crippen molar-refractivity contribution in [2.24, 2.45) is 0 Å². The maximum atomic E-state index is 10.4. The molecule has 26 heavy (non-hydrogen) atoms. The number of anilines is 2. The highest BCUT2D eigenvalue weighted by Gasteiger charge is 2.21. The van der Waals surface area contributed by atoms with Gasteiger partial charge in [0.05, 0.1) is 12.8 Å². The van der Waals surface area contributed by atoms with E-state index < -0.39 is 8.25 Å². The Morgan fingerprint density at radius 2 is 1.81 bits per heavy atom. The van der Waals surface area contributed by atoms with Crippen molar-refractivity contribution in [2.75, 3.05) is 30.8 Å². The number of benzene rings is 1. The molecule has 0 amide bonds. The lowest BCUT2D eigenvalue weighted by Gasteiger charge is -2.23. The fourth-order valence-corrected chi connectivity index (χ4v) is 3.12. The first-order valence-electron chi connectivity index (χ1n) is 9.44. The number of rotatable bonds is 11. The van der Waals surface area contributed by atoms with E-state index in [-0.39, 0.29) is 6.10 Å². The van der Waals surface area contributed by atoms with Gasteiger partial charge in [-0.1, -0.05) is 33.1 Å². The van der Waals surface area contributed by atoms with Gasteiger partial charge in [0.2, 0.25) is 0 Å². The van der Waals surface area contributed by atoms with Crippen molar-refractivity contribution in [2.45, 2.75) is 65.9 Å². The van der Waals surface area contributed by atoms with Crippen LogP contribution in [0.4, 0.5) is 11.4 Å². The van der Waals surface area contributed by atoms with Crippen LogP contribution in [0.5, 0.6) is 5.75 Å². The molecule has 1 aromatic carbocycles. The molecule has 0 aromatic heterocycles. The van der Waals surface area contributed by atoms with Crippen LogP contribution in [-0.4, -0.2) is 31.2 Å². The minimum atomic E-state index is -2.42. The number of hydrogen-bond acceptors (Lipinski definition) is 5. The summed E-state index contributed by atoms with van der Waals surface area (Å²) in [6.07, 6.45) is 4.91. The Balaban J connectivity index is 0.000000488. The lowest BCUT2D eigenvalue weighted by molar-refractivity contribution is 0.166. The summed E-state index contributed by atoms with van der Waals surface area (Å²) in [4.78, 5) is 10.8. The van der Waals surface area contributed by atoms with E-state index in [1.54, 1.807) is 7.11 Å². The number of ether oxygens (including phenoxy) is 1. The largest absolute Gasteiger partial charge is 0.694 e. The molecule has 6 nitrogen and oxygen atoms in total.